The number of anilines is 1. The zero-order chi connectivity index (χ0) is 10.8. The number of aromatic nitrogens is 1. The van der Waals surface area contributed by atoms with Crippen molar-refractivity contribution in [3.05, 3.63) is 16.1 Å². The van der Waals surface area contributed by atoms with Gasteiger partial charge in [0.2, 0.25) is 5.88 Å². The molecule has 1 aliphatic rings. The highest BCUT2D eigenvalue weighted by Crippen LogP contribution is 2.33. The Morgan fingerprint density at radius 2 is 2.13 bits per heavy atom. The Hall–Kier alpha value is -0.710. The summed E-state index contributed by atoms with van der Waals surface area (Å²) in [6, 6.07) is 1.57. The number of nitrogens with one attached hydrogen (secondary N) is 1. The molecule has 0 bridgehead atoms. The van der Waals surface area contributed by atoms with Crippen LogP contribution in [0.15, 0.2) is 6.07 Å². The van der Waals surface area contributed by atoms with Crippen molar-refractivity contribution in [1.29, 1.82) is 0 Å². The van der Waals surface area contributed by atoms with Crippen molar-refractivity contribution in [1.82, 2.24) is 4.98 Å². The van der Waals surface area contributed by atoms with E-state index in [-0.39, 0.29) is 6.10 Å². The Bertz CT molecular complexity index is 369. The van der Waals surface area contributed by atoms with Crippen LogP contribution in [0.2, 0.25) is 10.0 Å². The molecule has 0 atom stereocenters. The van der Waals surface area contributed by atoms with E-state index in [1.807, 2.05) is 0 Å². The second-order valence-electron chi connectivity index (χ2n) is 3.42. The average Bonchev–Trinajstić information content (AvgIpc) is 2.14. The Morgan fingerprint density at radius 1 is 1.40 bits per heavy atom. The standard InChI is InChI=1S/C9H11Cl2N3O/c10-6-4-7(11)9(13-8(6)14-12)15-5-2-1-3-5/h4-5H,1-3,12H2,(H,13,14). The van der Waals surface area contributed by atoms with Crippen LogP contribution in [-0.2, 0) is 0 Å². The number of hydrazine groups is 1. The average molecular weight is 248 g/mol. The number of pyridine rings is 1. The van der Waals surface area contributed by atoms with Gasteiger partial charge in [0.1, 0.15) is 11.1 Å². The molecule has 1 fully saturated rings. The highest BCUT2D eigenvalue weighted by Gasteiger charge is 2.21. The van der Waals surface area contributed by atoms with Crippen LogP contribution in [0.4, 0.5) is 5.82 Å². The molecule has 1 aliphatic carbocycles. The van der Waals surface area contributed by atoms with E-state index in [1.165, 1.54) is 6.42 Å². The van der Waals surface area contributed by atoms with Crippen LogP contribution in [0.1, 0.15) is 19.3 Å². The van der Waals surface area contributed by atoms with Gasteiger partial charge in [-0.2, -0.15) is 4.98 Å². The first-order valence-corrected chi connectivity index (χ1v) is 5.45. The van der Waals surface area contributed by atoms with Gasteiger partial charge < -0.3 is 10.2 Å². The third kappa shape index (κ3) is 2.27. The highest BCUT2D eigenvalue weighted by molar-refractivity contribution is 6.36. The Labute approximate surface area is 97.7 Å². The van der Waals surface area contributed by atoms with E-state index in [4.69, 9.17) is 33.8 Å². The maximum Gasteiger partial charge on any atom is 0.234 e. The highest BCUT2D eigenvalue weighted by atomic mass is 35.5. The van der Waals surface area contributed by atoms with Crippen molar-refractivity contribution in [2.75, 3.05) is 5.43 Å². The van der Waals surface area contributed by atoms with Crippen molar-refractivity contribution in [3.8, 4) is 5.88 Å². The third-order valence-electron chi connectivity index (χ3n) is 2.36. The zero-order valence-corrected chi connectivity index (χ0v) is 9.48. The monoisotopic (exact) mass is 247 g/mol. The number of nitrogens with zero attached hydrogens (tertiary/aromatic N) is 1. The van der Waals surface area contributed by atoms with Gasteiger partial charge in [-0.15, -0.1) is 0 Å². The summed E-state index contributed by atoms with van der Waals surface area (Å²) >= 11 is 11.8. The first-order valence-electron chi connectivity index (χ1n) is 4.70. The van der Waals surface area contributed by atoms with Crippen molar-refractivity contribution < 1.29 is 4.74 Å². The van der Waals surface area contributed by atoms with E-state index in [2.05, 4.69) is 10.4 Å². The van der Waals surface area contributed by atoms with Crippen LogP contribution in [0.5, 0.6) is 5.88 Å². The molecule has 1 aromatic rings. The maximum absolute atomic E-state index is 5.94. The second kappa shape index (κ2) is 4.43. The fourth-order valence-electron chi connectivity index (χ4n) is 1.28. The van der Waals surface area contributed by atoms with Gasteiger partial charge in [0.15, 0.2) is 5.82 Å². The number of halogens is 2. The number of ether oxygens (including phenoxy) is 1. The van der Waals surface area contributed by atoms with Crippen LogP contribution >= 0.6 is 23.2 Å². The molecule has 0 spiro atoms. The Morgan fingerprint density at radius 3 is 2.67 bits per heavy atom. The van der Waals surface area contributed by atoms with Gasteiger partial charge in [0.05, 0.1) is 5.02 Å². The largest absolute Gasteiger partial charge is 0.473 e. The van der Waals surface area contributed by atoms with Gasteiger partial charge in [0.25, 0.3) is 0 Å². The minimum atomic E-state index is 0.224. The van der Waals surface area contributed by atoms with Gasteiger partial charge in [-0.25, -0.2) is 5.84 Å². The summed E-state index contributed by atoms with van der Waals surface area (Å²) in [6.07, 6.45) is 3.51. The molecule has 0 aromatic carbocycles. The molecule has 0 saturated heterocycles. The molecule has 1 heterocycles. The summed E-state index contributed by atoms with van der Waals surface area (Å²) < 4.78 is 5.58. The van der Waals surface area contributed by atoms with Gasteiger partial charge in [-0.1, -0.05) is 23.2 Å². The molecule has 82 valence electrons. The van der Waals surface area contributed by atoms with Crippen molar-refractivity contribution in [3.63, 3.8) is 0 Å². The van der Waals surface area contributed by atoms with Crippen LogP contribution in [0.25, 0.3) is 0 Å². The van der Waals surface area contributed by atoms with Gasteiger partial charge in [-0.05, 0) is 25.3 Å². The topological polar surface area (TPSA) is 60.2 Å². The van der Waals surface area contributed by atoms with Crippen molar-refractivity contribution in [2.24, 2.45) is 5.84 Å². The molecule has 1 aromatic heterocycles. The molecule has 4 nitrogen and oxygen atoms in total. The first-order chi connectivity index (χ1) is 7.20. The molecule has 0 radical (unpaired) electrons. The predicted molar refractivity (Wildman–Crippen MR) is 60.3 cm³/mol. The minimum absolute atomic E-state index is 0.224. The number of hydrogen-bond donors (Lipinski definition) is 2. The molecule has 3 N–H and O–H groups in total. The summed E-state index contributed by atoms with van der Waals surface area (Å²) in [5, 5.41) is 0.786. The first kappa shape index (κ1) is 10.8. The molecule has 0 amide bonds. The molecule has 15 heavy (non-hydrogen) atoms. The van der Waals surface area contributed by atoms with Gasteiger partial charge in [-0.3, -0.25) is 0 Å². The smallest absolute Gasteiger partial charge is 0.234 e. The van der Waals surface area contributed by atoms with E-state index in [9.17, 15) is 0 Å². The summed E-state index contributed by atoms with van der Waals surface area (Å²) in [5.74, 6) is 6.01. The van der Waals surface area contributed by atoms with Crippen molar-refractivity contribution in [2.45, 2.75) is 25.4 Å². The SMILES string of the molecule is NNc1nc(OC2CCC2)c(Cl)cc1Cl. The summed E-state index contributed by atoms with van der Waals surface area (Å²) in [6.45, 7) is 0. The van der Waals surface area contributed by atoms with Gasteiger partial charge in [0, 0.05) is 0 Å². The summed E-state index contributed by atoms with van der Waals surface area (Å²) in [7, 11) is 0. The maximum atomic E-state index is 5.94. The molecule has 1 saturated carbocycles. The predicted octanol–water partition coefficient (Wildman–Crippen LogP) is 2.61. The van der Waals surface area contributed by atoms with E-state index < -0.39 is 0 Å². The van der Waals surface area contributed by atoms with E-state index >= 15 is 0 Å². The summed E-state index contributed by atoms with van der Waals surface area (Å²) in [5.41, 5.74) is 2.39. The van der Waals surface area contributed by atoms with Crippen LogP contribution in [0, 0.1) is 0 Å². The molecule has 6 heteroatoms. The molecule has 0 unspecified atom stereocenters. The van der Waals surface area contributed by atoms with Gasteiger partial charge >= 0.3 is 0 Å². The Balaban J connectivity index is 2.21. The normalized spacial score (nSPS) is 15.9. The lowest BCUT2D eigenvalue weighted by atomic mass is 9.96. The zero-order valence-electron chi connectivity index (χ0n) is 7.96. The number of nitrogen functional groups attached to an aromatic ring is 1. The number of rotatable bonds is 3. The summed E-state index contributed by atoms with van der Waals surface area (Å²) in [4.78, 5) is 4.09. The lowest BCUT2D eigenvalue weighted by molar-refractivity contribution is 0.115. The lowest BCUT2D eigenvalue weighted by Crippen LogP contribution is -2.25. The van der Waals surface area contributed by atoms with E-state index in [0.717, 1.165) is 12.8 Å². The lowest BCUT2D eigenvalue weighted by Gasteiger charge is -2.26. The fourth-order valence-corrected chi connectivity index (χ4v) is 1.74. The van der Waals surface area contributed by atoms with E-state index in [1.54, 1.807) is 6.07 Å². The second-order valence-corrected chi connectivity index (χ2v) is 4.24. The quantitative estimate of drug-likeness (QED) is 0.637. The molecular weight excluding hydrogens is 237 g/mol. The third-order valence-corrected chi connectivity index (χ3v) is 2.92. The van der Waals surface area contributed by atoms with Crippen LogP contribution in [0.3, 0.4) is 0 Å². The number of hydrogen-bond acceptors (Lipinski definition) is 4. The minimum Gasteiger partial charge on any atom is -0.473 e. The number of nitrogens with two attached hydrogens (primary N) is 1. The Kier molecular flexibility index (Phi) is 3.19. The van der Waals surface area contributed by atoms with Crippen LogP contribution < -0.4 is 16.0 Å². The molecular formula is C9H11Cl2N3O. The van der Waals surface area contributed by atoms with E-state index in [0.29, 0.717) is 21.7 Å². The fraction of sp³-hybridized carbons (Fsp3) is 0.444. The van der Waals surface area contributed by atoms with Crippen LogP contribution in [-0.4, -0.2) is 11.1 Å². The molecule has 2 rings (SSSR count). The van der Waals surface area contributed by atoms with Crippen molar-refractivity contribution >= 4 is 29.0 Å². The molecule has 0 aliphatic heterocycles.